The van der Waals surface area contributed by atoms with E-state index < -0.39 is 6.04 Å². The summed E-state index contributed by atoms with van der Waals surface area (Å²) in [6.45, 7) is 8.02. The fraction of sp³-hybridized carbons (Fsp3) is 0.700. The van der Waals surface area contributed by atoms with Crippen molar-refractivity contribution in [2.24, 2.45) is 5.73 Å². The van der Waals surface area contributed by atoms with Crippen molar-refractivity contribution in [3.05, 3.63) is 11.6 Å². The number of rotatable bonds is 5. The van der Waals surface area contributed by atoms with E-state index >= 15 is 0 Å². The number of aryl methyl sites for hydroxylation is 2. The van der Waals surface area contributed by atoms with E-state index in [-0.39, 0.29) is 11.9 Å². The maximum Gasteiger partial charge on any atom is 0.236 e. The van der Waals surface area contributed by atoms with Gasteiger partial charge in [0, 0.05) is 6.04 Å². The largest absolute Gasteiger partial charge is 0.368 e. The van der Waals surface area contributed by atoms with Gasteiger partial charge >= 0.3 is 0 Å². The molecule has 1 heterocycles. The molecule has 6 heteroatoms. The third-order valence-corrected chi connectivity index (χ3v) is 2.20. The van der Waals surface area contributed by atoms with Crippen LogP contribution in [0.25, 0.3) is 0 Å². The van der Waals surface area contributed by atoms with E-state index in [1.165, 1.54) is 0 Å². The summed E-state index contributed by atoms with van der Waals surface area (Å²) in [4.78, 5) is 15.4. The maximum absolute atomic E-state index is 11.3. The fourth-order valence-corrected chi connectivity index (χ4v) is 1.53. The minimum Gasteiger partial charge on any atom is -0.368 e. The molecule has 1 aromatic heterocycles. The number of nitrogens with zero attached hydrogens (tertiary/aromatic N) is 3. The van der Waals surface area contributed by atoms with Crippen LogP contribution in [-0.2, 0) is 11.3 Å². The first kappa shape index (κ1) is 12.6. The van der Waals surface area contributed by atoms with E-state index in [0.717, 1.165) is 5.82 Å². The predicted molar refractivity (Wildman–Crippen MR) is 60.8 cm³/mol. The summed E-state index contributed by atoms with van der Waals surface area (Å²) in [6.07, 6.45) is 0. The smallest absolute Gasteiger partial charge is 0.236 e. The van der Waals surface area contributed by atoms with Crippen molar-refractivity contribution in [2.45, 2.75) is 46.3 Å². The molecule has 0 bridgehead atoms. The SMILES string of the molecule is Cc1nc(C)n(CC(NC(C)C)C(N)=O)n1. The Morgan fingerprint density at radius 3 is 2.50 bits per heavy atom. The van der Waals surface area contributed by atoms with Gasteiger partial charge in [0.15, 0.2) is 0 Å². The van der Waals surface area contributed by atoms with Crippen molar-refractivity contribution in [1.82, 2.24) is 20.1 Å². The van der Waals surface area contributed by atoms with Crippen LogP contribution in [0.15, 0.2) is 0 Å². The van der Waals surface area contributed by atoms with Gasteiger partial charge in [-0.3, -0.25) is 4.79 Å². The van der Waals surface area contributed by atoms with Gasteiger partial charge in [-0.1, -0.05) is 13.8 Å². The lowest BCUT2D eigenvalue weighted by Gasteiger charge is -2.18. The Labute approximate surface area is 95.2 Å². The predicted octanol–water partition coefficient (Wildman–Crippen LogP) is -0.253. The molecular weight excluding hydrogens is 206 g/mol. The number of carbonyl (C=O) groups excluding carboxylic acids is 1. The third kappa shape index (κ3) is 3.30. The van der Waals surface area contributed by atoms with Gasteiger partial charge in [-0.15, -0.1) is 0 Å². The van der Waals surface area contributed by atoms with Crippen LogP contribution in [0.3, 0.4) is 0 Å². The first-order valence-corrected chi connectivity index (χ1v) is 5.33. The Balaban J connectivity index is 2.75. The number of nitrogens with two attached hydrogens (primary N) is 1. The number of nitrogens with one attached hydrogen (secondary N) is 1. The van der Waals surface area contributed by atoms with Gasteiger partial charge in [-0.25, -0.2) is 9.67 Å². The van der Waals surface area contributed by atoms with Crippen LogP contribution < -0.4 is 11.1 Å². The highest BCUT2D eigenvalue weighted by Crippen LogP contribution is 1.99. The number of hydrogen-bond donors (Lipinski definition) is 2. The zero-order chi connectivity index (χ0) is 12.3. The van der Waals surface area contributed by atoms with E-state index in [4.69, 9.17) is 5.73 Å². The van der Waals surface area contributed by atoms with E-state index in [0.29, 0.717) is 12.4 Å². The summed E-state index contributed by atoms with van der Waals surface area (Å²) in [5, 5.41) is 7.30. The lowest BCUT2D eigenvalue weighted by molar-refractivity contribution is -0.120. The Morgan fingerprint density at radius 1 is 1.50 bits per heavy atom. The van der Waals surface area contributed by atoms with Crippen LogP contribution in [0.1, 0.15) is 25.5 Å². The summed E-state index contributed by atoms with van der Waals surface area (Å²) in [5.74, 6) is 1.11. The van der Waals surface area contributed by atoms with Crippen LogP contribution >= 0.6 is 0 Å². The molecule has 1 rings (SSSR count). The van der Waals surface area contributed by atoms with Gasteiger partial charge in [0.1, 0.15) is 17.7 Å². The van der Waals surface area contributed by atoms with E-state index in [1.54, 1.807) is 4.68 Å². The molecule has 1 atom stereocenters. The zero-order valence-electron chi connectivity index (χ0n) is 10.2. The molecule has 1 amide bonds. The standard InChI is InChI=1S/C10H19N5O/c1-6(2)12-9(10(11)16)5-15-8(4)13-7(3)14-15/h6,9,12H,5H2,1-4H3,(H2,11,16). The first-order chi connectivity index (χ1) is 7.40. The average Bonchev–Trinajstić information content (AvgIpc) is 2.43. The number of carbonyl (C=O) groups is 1. The van der Waals surface area contributed by atoms with Gasteiger partial charge < -0.3 is 11.1 Å². The molecule has 0 aliphatic carbocycles. The molecule has 0 radical (unpaired) electrons. The van der Waals surface area contributed by atoms with Crippen molar-refractivity contribution in [3.63, 3.8) is 0 Å². The second-order valence-electron chi connectivity index (χ2n) is 4.16. The maximum atomic E-state index is 11.3. The van der Waals surface area contributed by atoms with E-state index in [1.807, 2.05) is 27.7 Å². The molecule has 90 valence electrons. The number of aromatic nitrogens is 3. The summed E-state index contributed by atoms with van der Waals surface area (Å²) in [6, 6.07) is -0.220. The van der Waals surface area contributed by atoms with Crippen molar-refractivity contribution in [1.29, 1.82) is 0 Å². The molecular formula is C10H19N5O. The highest BCUT2D eigenvalue weighted by molar-refractivity contribution is 5.79. The van der Waals surface area contributed by atoms with Gasteiger partial charge in [-0.2, -0.15) is 5.10 Å². The normalized spacial score (nSPS) is 13.1. The molecule has 1 unspecified atom stereocenters. The summed E-state index contributed by atoms with van der Waals surface area (Å²) < 4.78 is 1.69. The molecule has 1 aromatic rings. The monoisotopic (exact) mass is 225 g/mol. The lowest BCUT2D eigenvalue weighted by atomic mass is 10.2. The highest BCUT2D eigenvalue weighted by atomic mass is 16.1. The molecule has 0 fully saturated rings. The third-order valence-electron chi connectivity index (χ3n) is 2.20. The van der Waals surface area contributed by atoms with E-state index in [9.17, 15) is 4.79 Å². The number of primary amides is 1. The fourth-order valence-electron chi connectivity index (χ4n) is 1.53. The Bertz CT molecular complexity index is 371. The van der Waals surface area contributed by atoms with Crippen LogP contribution in [0.5, 0.6) is 0 Å². The lowest BCUT2D eigenvalue weighted by Crippen LogP contribution is -2.47. The molecule has 0 aliphatic heterocycles. The Hall–Kier alpha value is -1.43. The minimum absolute atomic E-state index is 0.197. The second-order valence-corrected chi connectivity index (χ2v) is 4.16. The van der Waals surface area contributed by atoms with Crippen LogP contribution in [-0.4, -0.2) is 32.8 Å². The average molecular weight is 225 g/mol. The molecule has 3 N–H and O–H groups in total. The molecule has 0 aliphatic rings. The second kappa shape index (κ2) is 5.07. The Morgan fingerprint density at radius 2 is 2.12 bits per heavy atom. The quantitative estimate of drug-likeness (QED) is 0.723. The first-order valence-electron chi connectivity index (χ1n) is 5.33. The summed E-state index contributed by atoms with van der Waals surface area (Å²) in [5.41, 5.74) is 5.33. The van der Waals surface area contributed by atoms with Gasteiger partial charge in [0.2, 0.25) is 5.91 Å². The minimum atomic E-state index is -0.417. The Kier molecular flexibility index (Phi) is 4.00. The molecule has 16 heavy (non-hydrogen) atoms. The molecule has 0 saturated heterocycles. The van der Waals surface area contributed by atoms with Crippen molar-refractivity contribution in [3.8, 4) is 0 Å². The molecule has 0 spiro atoms. The summed E-state index contributed by atoms with van der Waals surface area (Å²) in [7, 11) is 0. The van der Waals surface area contributed by atoms with Crippen molar-refractivity contribution < 1.29 is 4.79 Å². The van der Waals surface area contributed by atoms with Gasteiger partial charge in [-0.05, 0) is 13.8 Å². The van der Waals surface area contributed by atoms with Crippen molar-refractivity contribution in [2.75, 3.05) is 0 Å². The van der Waals surface area contributed by atoms with Gasteiger partial charge in [0.05, 0.1) is 6.54 Å². The van der Waals surface area contributed by atoms with E-state index in [2.05, 4.69) is 15.4 Å². The van der Waals surface area contributed by atoms with Crippen LogP contribution in [0.2, 0.25) is 0 Å². The molecule has 6 nitrogen and oxygen atoms in total. The topological polar surface area (TPSA) is 85.8 Å². The molecule has 0 aromatic carbocycles. The zero-order valence-corrected chi connectivity index (χ0v) is 10.2. The van der Waals surface area contributed by atoms with Crippen molar-refractivity contribution >= 4 is 5.91 Å². The van der Waals surface area contributed by atoms with Crippen LogP contribution in [0.4, 0.5) is 0 Å². The van der Waals surface area contributed by atoms with Crippen LogP contribution in [0, 0.1) is 13.8 Å². The summed E-state index contributed by atoms with van der Waals surface area (Å²) >= 11 is 0. The number of hydrogen-bond acceptors (Lipinski definition) is 4. The highest BCUT2D eigenvalue weighted by Gasteiger charge is 2.18. The molecule has 0 saturated carbocycles. The number of amides is 1. The van der Waals surface area contributed by atoms with Gasteiger partial charge in [0.25, 0.3) is 0 Å².